The molecule has 0 aliphatic heterocycles. The van der Waals surface area contributed by atoms with Crippen LogP contribution in [0.4, 0.5) is 0 Å². The maximum Gasteiger partial charge on any atom is 0.0536 e. The van der Waals surface area contributed by atoms with E-state index < -0.39 is 0 Å². The predicted molar refractivity (Wildman–Crippen MR) is 148 cm³/mol. The molecule has 0 radical (unpaired) electrons. The Morgan fingerprint density at radius 1 is 0.438 bits per heavy atom. The SMILES string of the molecule is Cc1ccc(-c2cc3sc4cc5sc6cc(-c7ccc(C)cc7)sc6c5cc4c3s2)cc1. The molecule has 3 aromatic carbocycles. The fourth-order valence-electron chi connectivity index (χ4n) is 4.32. The Kier molecular flexibility index (Phi) is 4.16. The van der Waals surface area contributed by atoms with E-state index in [1.165, 1.54) is 71.0 Å². The van der Waals surface area contributed by atoms with Crippen LogP contribution in [-0.2, 0) is 0 Å². The van der Waals surface area contributed by atoms with Crippen LogP contribution in [0.25, 0.3) is 59.9 Å². The minimum absolute atomic E-state index is 1.31. The third-order valence-electron chi connectivity index (χ3n) is 6.08. The van der Waals surface area contributed by atoms with Gasteiger partial charge in [-0.05, 0) is 49.2 Å². The molecule has 0 atom stereocenters. The van der Waals surface area contributed by atoms with Crippen molar-refractivity contribution in [1.29, 1.82) is 0 Å². The smallest absolute Gasteiger partial charge is 0.0536 e. The summed E-state index contributed by atoms with van der Waals surface area (Å²) in [6.45, 7) is 4.29. The lowest BCUT2D eigenvalue weighted by Crippen LogP contribution is -1.73. The minimum Gasteiger partial charge on any atom is -0.134 e. The lowest BCUT2D eigenvalue weighted by Gasteiger charge is -1.98. The van der Waals surface area contributed by atoms with Crippen molar-refractivity contribution in [1.82, 2.24) is 0 Å². The van der Waals surface area contributed by atoms with Crippen molar-refractivity contribution < 1.29 is 0 Å². The van der Waals surface area contributed by atoms with Crippen LogP contribution in [0.1, 0.15) is 11.1 Å². The van der Waals surface area contributed by atoms with Gasteiger partial charge < -0.3 is 0 Å². The number of hydrogen-bond acceptors (Lipinski definition) is 4. The van der Waals surface area contributed by atoms with Crippen LogP contribution in [-0.4, -0.2) is 0 Å². The van der Waals surface area contributed by atoms with Crippen LogP contribution in [0.5, 0.6) is 0 Å². The standard InChI is InChI=1S/C28H18S4/c1-15-3-7-17(8-4-15)21-12-25-27(31-21)19-11-20-24(14-23(19)29-25)30-26-13-22(32-28(20)26)18-9-5-16(2)6-10-18/h3-14H,1-2H3. The van der Waals surface area contributed by atoms with Gasteiger partial charge in [0.2, 0.25) is 0 Å². The quantitative estimate of drug-likeness (QED) is 0.230. The van der Waals surface area contributed by atoms with Crippen molar-refractivity contribution in [3.05, 3.63) is 83.9 Å². The Bertz CT molecular complexity index is 1640. The van der Waals surface area contributed by atoms with Crippen LogP contribution in [0.15, 0.2) is 72.8 Å². The van der Waals surface area contributed by atoms with Gasteiger partial charge in [-0.1, -0.05) is 59.7 Å². The van der Waals surface area contributed by atoms with Crippen molar-refractivity contribution in [3.8, 4) is 20.9 Å². The van der Waals surface area contributed by atoms with Crippen molar-refractivity contribution in [3.63, 3.8) is 0 Å². The van der Waals surface area contributed by atoms with E-state index in [9.17, 15) is 0 Å². The summed E-state index contributed by atoms with van der Waals surface area (Å²) in [5.74, 6) is 0. The number of aryl methyl sites for hydroxylation is 2. The molecule has 4 heteroatoms. The highest BCUT2D eigenvalue weighted by Gasteiger charge is 2.16. The molecule has 0 N–H and O–H groups in total. The fourth-order valence-corrected chi connectivity index (χ4v) is 9.48. The number of fused-ring (bicyclic) bond motifs is 6. The summed E-state index contributed by atoms with van der Waals surface area (Å²) in [5.41, 5.74) is 5.25. The molecule has 4 aromatic heterocycles. The molecule has 0 nitrogen and oxygen atoms in total. The first kappa shape index (κ1) is 19.0. The molecular weight excluding hydrogens is 465 g/mol. The zero-order valence-electron chi connectivity index (χ0n) is 17.6. The van der Waals surface area contributed by atoms with Crippen LogP contribution >= 0.6 is 45.3 Å². The van der Waals surface area contributed by atoms with Crippen LogP contribution in [0, 0.1) is 13.8 Å². The molecule has 0 aliphatic carbocycles. The van der Waals surface area contributed by atoms with E-state index in [-0.39, 0.29) is 0 Å². The average molecular weight is 483 g/mol. The Labute approximate surface area is 202 Å². The maximum absolute atomic E-state index is 2.45. The molecular formula is C28H18S4. The summed E-state index contributed by atoms with van der Waals surface area (Å²) >= 11 is 7.72. The molecule has 7 aromatic rings. The van der Waals surface area contributed by atoms with Crippen LogP contribution in [0.2, 0.25) is 0 Å². The second kappa shape index (κ2) is 7.00. The minimum atomic E-state index is 1.31. The first-order valence-corrected chi connectivity index (χ1v) is 13.9. The van der Waals surface area contributed by atoms with Gasteiger partial charge in [-0.2, -0.15) is 0 Å². The number of rotatable bonds is 2. The van der Waals surface area contributed by atoms with E-state index >= 15 is 0 Å². The zero-order valence-corrected chi connectivity index (χ0v) is 20.8. The second-order valence-corrected chi connectivity index (χ2v) is 12.7. The average Bonchev–Trinajstić information content (AvgIpc) is 3.52. The molecule has 0 fully saturated rings. The van der Waals surface area contributed by atoms with Gasteiger partial charge in [-0.3, -0.25) is 0 Å². The number of hydrogen-bond donors (Lipinski definition) is 0. The molecule has 32 heavy (non-hydrogen) atoms. The van der Waals surface area contributed by atoms with Crippen molar-refractivity contribution in [2.24, 2.45) is 0 Å². The monoisotopic (exact) mass is 482 g/mol. The van der Waals surface area contributed by atoms with E-state index in [1.807, 2.05) is 45.3 Å². The number of thiophene rings is 4. The second-order valence-electron chi connectivity index (χ2n) is 8.39. The van der Waals surface area contributed by atoms with E-state index in [0.717, 1.165) is 0 Å². The zero-order chi connectivity index (χ0) is 21.4. The fraction of sp³-hybridized carbons (Fsp3) is 0.0714. The molecule has 0 bridgehead atoms. The molecule has 0 unspecified atom stereocenters. The van der Waals surface area contributed by atoms with E-state index in [1.54, 1.807) is 0 Å². The predicted octanol–water partition coefficient (Wildman–Crippen LogP) is 10.5. The third kappa shape index (κ3) is 2.91. The molecule has 7 rings (SSSR count). The topological polar surface area (TPSA) is 0 Å². The molecule has 0 aliphatic rings. The van der Waals surface area contributed by atoms with Gasteiger partial charge in [-0.15, -0.1) is 45.3 Å². The maximum atomic E-state index is 2.45. The van der Waals surface area contributed by atoms with Gasteiger partial charge in [0, 0.05) is 39.3 Å². The van der Waals surface area contributed by atoms with Crippen molar-refractivity contribution in [2.75, 3.05) is 0 Å². The van der Waals surface area contributed by atoms with Gasteiger partial charge in [0.25, 0.3) is 0 Å². The summed E-state index contributed by atoms with van der Waals surface area (Å²) in [7, 11) is 0. The first-order valence-electron chi connectivity index (χ1n) is 10.6. The molecule has 0 amide bonds. The summed E-state index contributed by atoms with van der Waals surface area (Å²) in [6.07, 6.45) is 0. The first-order chi connectivity index (χ1) is 15.6. The van der Waals surface area contributed by atoms with Gasteiger partial charge in [0.15, 0.2) is 0 Å². The highest BCUT2D eigenvalue weighted by molar-refractivity contribution is 7.35. The molecule has 154 valence electrons. The lowest BCUT2D eigenvalue weighted by molar-refractivity contribution is 1.48. The third-order valence-corrected chi connectivity index (χ3v) is 11.0. The summed E-state index contributed by atoms with van der Waals surface area (Å²) in [4.78, 5) is 2.72. The van der Waals surface area contributed by atoms with Gasteiger partial charge in [0.1, 0.15) is 0 Å². The van der Waals surface area contributed by atoms with Gasteiger partial charge in [-0.25, -0.2) is 0 Å². The van der Waals surface area contributed by atoms with Crippen molar-refractivity contribution >= 4 is 84.3 Å². The van der Waals surface area contributed by atoms with Crippen molar-refractivity contribution in [2.45, 2.75) is 13.8 Å². The van der Waals surface area contributed by atoms with Crippen LogP contribution < -0.4 is 0 Å². The highest BCUT2D eigenvalue weighted by Crippen LogP contribution is 2.48. The molecule has 0 saturated carbocycles. The lowest BCUT2D eigenvalue weighted by atomic mass is 10.1. The summed E-state index contributed by atoms with van der Waals surface area (Å²) < 4.78 is 8.47. The van der Waals surface area contributed by atoms with Gasteiger partial charge in [0.05, 0.1) is 9.40 Å². The molecule has 0 saturated heterocycles. The van der Waals surface area contributed by atoms with E-state index in [2.05, 4.69) is 86.6 Å². The largest absolute Gasteiger partial charge is 0.134 e. The molecule has 0 spiro atoms. The summed E-state index contributed by atoms with van der Waals surface area (Å²) in [6, 6.07) is 27.4. The Hall–Kier alpha value is -2.50. The summed E-state index contributed by atoms with van der Waals surface area (Å²) in [5, 5.41) is 2.82. The normalized spacial score (nSPS) is 12.1. The Morgan fingerprint density at radius 3 is 1.31 bits per heavy atom. The highest BCUT2D eigenvalue weighted by atomic mass is 32.1. The van der Waals surface area contributed by atoms with E-state index in [4.69, 9.17) is 0 Å². The molecule has 4 heterocycles. The Balaban J connectivity index is 1.41. The Morgan fingerprint density at radius 2 is 0.875 bits per heavy atom. The number of benzene rings is 3. The van der Waals surface area contributed by atoms with E-state index in [0.29, 0.717) is 0 Å². The van der Waals surface area contributed by atoms with Gasteiger partial charge >= 0.3 is 0 Å². The van der Waals surface area contributed by atoms with Crippen LogP contribution in [0.3, 0.4) is 0 Å².